The van der Waals surface area contributed by atoms with Crippen LogP contribution in [0.15, 0.2) is 42.5 Å². The fraction of sp³-hybridized carbons (Fsp3) is 0.333. The van der Waals surface area contributed by atoms with Crippen molar-refractivity contribution in [2.75, 3.05) is 0 Å². The first-order valence-corrected chi connectivity index (χ1v) is 7.43. The fourth-order valence-corrected chi connectivity index (χ4v) is 2.58. The third-order valence-electron chi connectivity index (χ3n) is 4.03. The van der Waals surface area contributed by atoms with Crippen molar-refractivity contribution in [2.45, 2.75) is 38.5 Å². The fourth-order valence-electron chi connectivity index (χ4n) is 2.58. The topological polar surface area (TPSA) is 0 Å². The molecule has 0 amide bonds. The Morgan fingerprint density at radius 2 is 1.50 bits per heavy atom. The number of benzene rings is 2. The molecule has 2 rings (SSSR count). The number of alkyl halides is 6. The van der Waals surface area contributed by atoms with Crippen LogP contribution in [0.2, 0.25) is 0 Å². The van der Waals surface area contributed by atoms with Crippen molar-refractivity contribution in [1.29, 1.82) is 0 Å². The van der Waals surface area contributed by atoms with Crippen LogP contribution in [0.4, 0.5) is 26.3 Å². The second-order valence-electron chi connectivity index (χ2n) is 5.66. The van der Waals surface area contributed by atoms with Gasteiger partial charge in [-0.05, 0) is 35.1 Å². The lowest BCUT2D eigenvalue weighted by atomic mass is 9.91. The Balaban J connectivity index is 2.72. The summed E-state index contributed by atoms with van der Waals surface area (Å²) in [6.45, 7) is 3.85. The first-order chi connectivity index (χ1) is 11.1. The highest BCUT2D eigenvalue weighted by Gasteiger charge is 2.44. The van der Waals surface area contributed by atoms with E-state index in [0.717, 1.165) is 24.1 Å². The van der Waals surface area contributed by atoms with E-state index in [2.05, 4.69) is 0 Å². The van der Waals surface area contributed by atoms with Gasteiger partial charge in [0.2, 0.25) is 0 Å². The summed E-state index contributed by atoms with van der Waals surface area (Å²) in [4.78, 5) is 0. The molecule has 0 bridgehead atoms. The average molecular weight is 346 g/mol. The molecule has 0 aliphatic carbocycles. The lowest BCUT2D eigenvalue weighted by molar-refractivity contribution is -0.161. The van der Waals surface area contributed by atoms with Crippen LogP contribution in [0.25, 0.3) is 11.1 Å². The molecule has 0 heterocycles. The Bertz CT molecular complexity index is 712. The van der Waals surface area contributed by atoms with Crippen molar-refractivity contribution in [3.8, 4) is 11.1 Å². The standard InChI is InChI=1S/C18H16F6/c1-3-11(2)12-6-4-7-13(10-12)14-8-5-9-15(17(19,20)21)16(14)18(22,23)24/h4-11H,3H2,1-2H3. The molecule has 0 radical (unpaired) electrons. The van der Waals surface area contributed by atoms with Crippen LogP contribution < -0.4 is 0 Å². The lowest BCUT2D eigenvalue weighted by Gasteiger charge is -2.20. The summed E-state index contributed by atoms with van der Waals surface area (Å²) >= 11 is 0. The molecule has 0 saturated carbocycles. The molecule has 0 aliphatic heterocycles. The van der Waals surface area contributed by atoms with E-state index in [9.17, 15) is 26.3 Å². The second kappa shape index (κ2) is 6.49. The maximum Gasteiger partial charge on any atom is 0.417 e. The van der Waals surface area contributed by atoms with Crippen LogP contribution >= 0.6 is 0 Å². The van der Waals surface area contributed by atoms with E-state index >= 15 is 0 Å². The number of halogens is 6. The molecule has 0 aromatic heterocycles. The van der Waals surface area contributed by atoms with E-state index in [-0.39, 0.29) is 11.5 Å². The Morgan fingerprint density at radius 3 is 2.04 bits per heavy atom. The van der Waals surface area contributed by atoms with Gasteiger partial charge >= 0.3 is 12.4 Å². The molecule has 0 fully saturated rings. The van der Waals surface area contributed by atoms with E-state index < -0.39 is 29.0 Å². The van der Waals surface area contributed by atoms with E-state index in [4.69, 9.17) is 0 Å². The predicted molar refractivity (Wildman–Crippen MR) is 80.6 cm³/mol. The van der Waals surface area contributed by atoms with Crippen LogP contribution in [0.5, 0.6) is 0 Å². The third kappa shape index (κ3) is 3.74. The first-order valence-electron chi connectivity index (χ1n) is 7.43. The molecule has 130 valence electrons. The summed E-state index contributed by atoms with van der Waals surface area (Å²) in [5.41, 5.74) is -2.84. The zero-order chi connectivity index (χ0) is 18.1. The van der Waals surface area contributed by atoms with Gasteiger partial charge < -0.3 is 0 Å². The molecular formula is C18H16F6. The maximum atomic E-state index is 13.4. The van der Waals surface area contributed by atoms with Crippen molar-refractivity contribution >= 4 is 0 Å². The van der Waals surface area contributed by atoms with Crippen molar-refractivity contribution in [1.82, 2.24) is 0 Å². The summed E-state index contributed by atoms with van der Waals surface area (Å²) in [7, 11) is 0. The third-order valence-corrected chi connectivity index (χ3v) is 4.03. The Hall–Kier alpha value is -1.98. The van der Waals surface area contributed by atoms with Crippen LogP contribution in [0, 0.1) is 0 Å². The van der Waals surface area contributed by atoms with Gasteiger partial charge in [0.15, 0.2) is 0 Å². The molecule has 0 nitrogen and oxygen atoms in total. The maximum absolute atomic E-state index is 13.4. The van der Waals surface area contributed by atoms with Gasteiger partial charge in [-0.3, -0.25) is 0 Å². The molecule has 0 saturated heterocycles. The van der Waals surface area contributed by atoms with Gasteiger partial charge in [0.25, 0.3) is 0 Å². The highest BCUT2D eigenvalue weighted by molar-refractivity contribution is 5.70. The molecular weight excluding hydrogens is 330 g/mol. The lowest BCUT2D eigenvalue weighted by Crippen LogP contribution is -2.17. The van der Waals surface area contributed by atoms with Crippen LogP contribution in [-0.4, -0.2) is 0 Å². The van der Waals surface area contributed by atoms with Crippen molar-refractivity contribution < 1.29 is 26.3 Å². The minimum Gasteiger partial charge on any atom is -0.166 e. The van der Waals surface area contributed by atoms with Crippen LogP contribution in [-0.2, 0) is 12.4 Å². The van der Waals surface area contributed by atoms with Gasteiger partial charge in [-0.25, -0.2) is 0 Å². The summed E-state index contributed by atoms with van der Waals surface area (Å²) < 4.78 is 79.2. The first kappa shape index (κ1) is 18.4. The van der Waals surface area contributed by atoms with E-state index in [1.54, 1.807) is 12.1 Å². The van der Waals surface area contributed by atoms with Gasteiger partial charge in [0, 0.05) is 0 Å². The van der Waals surface area contributed by atoms with Gasteiger partial charge in [0.05, 0.1) is 11.1 Å². The van der Waals surface area contributed by atoms with Crippen LogP contribution in [0.3, 0.4) is 0 Å². The normalized spacial score (nSPS) is 13.8. The summed E-state index contributed by atoms with van der Waals surface area (Å²) in [5, 5.41) is 0. The van der Waals surface area contributed by atoms with Gasteiger partial charge in [-0.2, -0.15) is 26.3 Å². The molecule has 0 spiro atoms. The largest absolute Gasteiger partial charge is 0.417 e. The van der Waals surface area contributed by atoms with Gasteiger partial charge in [-0.15, -0.1) is 0 Å². The highest BCUT2D eigenvalue weighted by atomic mass is 19.4. The highest BCUT2D eigenvalue weighted by Crippen LogP contribution is 2.45. The SMILES string of the molecule is CCC(C)c1cccc(-c2cccc(C(F)(F)F)c2C(F)(F)F)c1. The van der Waals surface area contributed by atoms with Crippen LogP contribution in [0.1, 0.15) is 42.9 Å². The molecule has 2 aromatic rings. The second-order valence-corrected chi connectivity index (χ2v) is 5.66. The molecule has 24 heavy (non-hydrogen) atoms. The average Bonchev–Trinajstić information content (AvgIpc) is 2.52. The monoisotopic (exact) mass is 346 g/mol. The quantitative estimate of drug-likeness (QED) is 0.530. The van der Waals surface area contributed by atoms with Gasteiger partial charge in [-0.1, -0.05) is 50.2 Å². The van der Waals surface area contributed by atoms with Crippen molar-refractivity contribution in [3.05, 3.63) is 59.2 Å². The molecule has 0 aliphatic rings. The smallest absolute Gasteiger partial charge is 0.166 e. The Kier molecular flexibility index (Phi) is 4.97. The van der Waals surface area contributed by atoms with E-state index in [0.29, 0.717) is 6.07 Å². The molecule has 6 heteroatoms. The summed E-state index contributed by atoms with van der Waals surface area (Å²) in [6.07, 6.45) is -9.40. The van der Waals surface area contributed by atoms with E-state index in [1.165, 1.54) is 12.1 Å². The van der Waals surface area contributed by atoms with Crippen molar-refractivity contribution in [2.24, 2.45) is 0 Å². The minimum absolute atomic E-state index is 0.102. The predicted octanol–water partition coefficient (Wildman–Crippen LogP) is 6.90. The van der Waals surface area contributed by atoms with E-state index in [1.807, 2.05) is 13.8 Å². The number of rotatable bonds is 3. The molecule has 1 atom stereocenters. The number of hydrogen-bond donors (Lipinski definition) is 0. The zero-order valence-electron chi connectivity index (χ0n) is 13.1. The Morgan fingerprint density at radius 1 is 0.875 bits per heavy atom. The minimum atomic E-state index is -5.10. The zero-order valence-corrected chi connectivity index (χ0v) is 13.1. The molecule has 0 N–H and O–H groups in total. The summed E-state index contributed by atoms with van der Waals surface area (Å²) in [6, 6.07) is 8.80. The number of hydrogen-bond acceptors (Lipinski definition) is 0. The summed E-state index contributed by atoms with van der Waals surface area (Å²) in [5.74, 6) is 0.102. The Labute approximate surface area is 136 Å². The van der Waals surface area contributed by atoms with Crippen molar-refractivity contribution in [3.63, 3.8) is 0 Å². The molecule has 1 unspecified atom stereocenters. The molecule has 2 aromatic carbocycles. The van der Waals surface area contributed by atoms with Gasteiger partial charge in [0.1, 0.15) is 0 Å².